The number of ether oxygens (including phenoxy) is 2. The van der Waals surface area contributed by atoms with E-state index >= 15 is 0 Å². The maximum absolute atomic E-state index is 10.8. The van der Waals surface area contributed by atoms with E-state index in [0.717, 1.165) is 5.56 Å². The summed E-state index contributed by atoms with van der Waals surface area (Å²) in [6.45, 7) is 6.38. The first-order valence-electron chi connectivity index (χ1n) is 5.55. The molecule has 1 aliphatic heterocycles. The summed E-state index contributed by atoms with van der Waals surface area (Å²) in [6, 6.07) is 5.62. The summed E-state index contributed by atoms with van der Waals surface area (Å²) in [5.41, 5.74) is 1.16. The topological polar surface area (TPSA) is 55.8 Å². The van der Waals surface area contributed by atoms with Gasteiger partial charge in [0.05, 0.1) is 0 Å². The fourth-order valence-electron chi connectivity index (χ4n) is 1.66. The number of fused-ring (bicyclic) bond motifs is 1. The molecule has 1 heterocycles. The molecule has 4 nitrogen and oxygen atoms in total. The number of rotatable bonds is 1. The van der Waals surface area contributed by atoms with Crippen LogP contribution in [0.2, 0.25) is 0 Å². The Hall–Kier alpha value is -1.71. The van der Waals surface area contributed by atoms with Crippen molar-refractivity contribution in [2.24, 2.45) is 0 Å². The van der Waals surface area contributed by atoms with Gasteiger partial charge in [-0.05, 0) is 23.1 Å². The lowest BCUT2D eigenvalue weighted by molar-refractivity contribution is -0.147. The van der Waals surface area contributed by atoms with Gasteiger partial charge in [0.25, 0.3) is 0 Å². The second-order valence-corrected chi connectivity index (χ2v) is 5.17. The molecule has 0 unspecified atom stereocenters. The molecule has 0 spiro atoms. The Morgan fingerprint density at radius 1 is 1.35 bits per heavy atom. The lowest BCUT2D eigenvalue weighted by atomic mass is 9.87. The first-order valence-corrected chi connectivity index (χ1v) is 5.55. The Bertz CT molecular complexity index is 445. The second kappa shape index (κ2) is 3.95. The van der Waals surface area contributed by atoms with Gasteiger partial charge >= 0.3 is 5.97 Å². The van der Waals surface area contributed by atoms with E-state index in [1.165, 1.54) is 0 Å². The van der Waals surface area contributed by atoms with Gasteiger partial charge in [0, 0.05) is 0 Å². The maximum Gasteiger partial charge on any atom is 0.348 e. The predicted octanol–water partition coefficient (Wildman–Crippen LogP) is 2.21. The highest BCUT2D eigenvalue weighted by molar-refractivity contribution is 5.73. The summed E-state index contributed by atoms with van der Waals surface area (Å²) in [5.74, 6) is 0.113. The molecule has 2 rings (SSSR count). The molecule has 1 aromatic rings. The summed E-state index contributed by atoms with van der Waals surface area (Å²) in [6.07, 6.45) is -0.914. The van der Waals surface area contributed by atoms with Crippen molar-refractivity contribution >= 4 is 5.97 Å². The van der Waals surface area contributed by atoms with Gasteiger partial charge in [0.2, 0.25) is 6.10 Å². The SMILES string of the molecule is CC(C)(C)c1ccc2c(c1)OC[C@H](C(=O)O)O2. The van der Waals surface area contributed by atoms with Crippen LogP contribution in [0.4, 0.5) is 0 Å². The van der Waals surface area contributed by atoms with Crippen LogP contribution in [0, 0.1) is 0 Å². The first-order chi connectivity index (χ1) is 7.88. The van der Waals surface area contributed by atoms with Crippen molar-refractivity contribution in [3.8, 4) is 11.5 Å². The number of hydrogen-bond donors (Lipinski definition) is 1. The quantitative estimate of drug-likeness (QED) is 0.812. The van der Waals surface area contributed by atoms with Gasteiger partial charge in [0.1, 0.15) is 6.61 Å². The minimum Gasteiger partial charge on any atom is -0.485 e. The van der Waals surface area contributed by atoms with E-state index in [-0.39, 0.29) is 12.0 Å². The Morgan fingerprint density at radius 2 is 2.06 bits per heavy atom. The largest absolute Gasteiger partial charge is 0.485 e. The Kier molecular flexibility index (Phi) is 2.73. The van der Waals surface area contributed by atoms with E-state index < -0.39 is 12.1 Å². The average Bonchev–Trinajstić information content (AvgIpc) is 2.26. The third-order valence-corrected chi connectivity index (χ3v) is 2.74. The summed E-state index contributed by atoms with van der Waals surface area (Å²) < 4.78 is 10.8. The van der Waals surface area contributed by atoms with Crippen LogP contribution in [0.3, 0.4) is 0 Å². The number of hydrogen-bond acceptors (Lipinski definition) is 3. The van der Waals surface area contributed by atoms with Crippen LogP contribution >= 0.6 is 0 Å². The van der Waals surface area contributed by atoms with Crippen LogP contribution in [-0.2, 0) is 10.2 Å². The molecule has 0 radical (unpaired) electrons. The second-order valence-electron chi connectivity index (χ2n) is 5.17. The molecule has 17 heavy (non-hydrogen) atoms. The zero-order valence-corrected chi connectivity index (χ0v) is 10.2. The smallest absolute Gasteiger partial charge is 0.348 e. The number of benzene rings is 1. The Morgan fingerprint density at radius 3 is 2.65 bits per heavy atom. The van der Waals surface area contributed by atoms with Crippen molar-refractivity contribution in [1.29, 1.82) is 0 Å². The van der Waals surface area contributed by atoms with Crippen molar-refractivity contribution < 1.29 is 19.4 Å². The van der Waals surface area contributed by atoms with Crippen molar-refractivity contribution in [2.75, 3.05) is 6.61 Å². The molecule has 1 aliphatic rings. The van der Waals surface area contributed by atoms with Crippen molar-refractivity contribution in [1.82, 2.24) is 0 Å². The molecule has 0 fully saturated rings. The highest BCUT2D eigenvalue weighted by atomic mass is 16.6. The van der Waals surface area contributed by atoms with Crippen LogP contribution in [0.5, 0.6) is 11.5 Å². The summed E-state index contributed by atoms with van der Waals surface area (Å²) >= 11 is 0. The van der Waals surface area contributed by atoms with Gasteiger partial charge in [-0.3, -0.25) is 0 Å². The minimum absolute atomic E-state index is 0.0298. The molecular formula is C13H16O4. The van der Waals surface area contributed by atoms with Crippen LogP contribution in [0.15, 0.2) is 18.2 Å². The molecule has 0 bridgehead atoms. The van der Waals surface area contributed by atoms with E-state index in [2.05, 4.69) is 20.8 Å². The molecular weight excluding hydrogens is 220 g/mol. The van der Waals surface area contributed by atoms with Crippen molar-refractivity contribution in [3.63, 3.8) is 0 Å². The molecule has 0 aromatic heterocycles. The Balaban J connectivity index is 2.29. The van der Waals surface area contributed by atoms with Crippen molar-refractivity contribution in [2.45, 2.75) is 32.3 Å². The van der Waals surface area contributed by atoms with Gasteiger partial charge in [-0.15, -0.1) is 0 Å². The maximum atomic E-state index is 10.8. The molecule has 0 amide bonds. The van der Waals surface area contributed by atoms with E-state index in [1.807, 2.05) is 12.1 Å². The predicted molar refractivity (Wildman–Crippen MR) is 62.7 cm³/mol. The van der Waals surface area contributed by atoms with Crippen LogP contribution in [-0.4, -0.2) is 23.8 Å². The van der Waals surface area contributed by atoms with E-state index in [1.54, 1.807) is 6.07 Å². The first kappa shape index (κ1) is 11.8. The number of carboxylic acids is 1. The lowest BCUT2D eigenvalue weighted by Crippen LogP contribution is -2.36. The number of carboxylic acid groups (broad SMARTS) is 1. The Labute approximate surface area is 100 Å². The molecule has 0 aliphatic carbocycles. The highest BCUT2D eigenvalue weighted by Crippen LogP contribution is 2.36. The lowest BCUT2D eigenvalue weighted by Gasteiger charge is -2.26. The highest BCUT2D eigenvalue weighted by Gasteiger charge is 2.28. The fraction of sp³-hybridized carbons (Fsp3) is 0.462. The van der Waals surface area contributed by atoms with Crippen LogP contribution < -0.4 is 9.47 Å². The summed E-state index contributed by atoms with van der Waals surface area (Å²) in [4.78, 5) is 10.8. The van der Waals surface area contributed by atoms with E-state index in [9.17, 15) is 4.79 Å². The molecule has 1 N–H and O–H groups in total. The van der Waals surface area contributed by atoms with E-state index in [0.29, 0.717) is 11.5 Å². The standard InChI is InChI=1S/C13H16O4/c1-13(2,3)8-4-5-9-10(6-8)16-7-11(17-9)12(14)15/h4-6,11H,7H2,1-3H3,(H,14,15)/t11-/m1/s1. The van der Waals surface area contributed by atoms with Crippen molar-refractivity contribution in [3.05, 3.63) is 23.8 Å². The van der Waals surface area contributed by atoms with Gasteiger partial charge in [-0.1, -0.05) is 26.8 Å². The summed E-state index contributed by atoms with van der Waals surface area (Å²) in [5, 5.41) is 8.84. The summed E-state index contributed by atoms with van der Waals surface area (Å²) in [7, 11) is 0. The minimum atomic E-state index is -1.00. The molecule has 4 heteroatoms. The number of aliphatic carboxylic acids is 1. The number of carbonyl (C=O) groups is 1. The molecule has 0 saturated carbocycles. The van der Waals surface area contributed by atoms with Gasteiger partial charge < -0.3 is 14.6 Å². The molecule has 1 atom stereocenters. The third-order valence-electron chi connectivity index (χ3n) is 2.74. The van der Waals surface area contributed by atoms with E-state index in [4.69, 9.17) is 14.6 Å². The molecule has 1 aromatic carbocycles. The monoisotopic (exact) mass is 236 g/mol. The van der Waals surface area contributed by atoms with Gasteiger partial charge in [0.15, 0.2) is 11.5 Å². The zero-order valence-electron chi connectivity index (χ0n) is 10.2. The van der Waals surface area contributed by atoms with Crippen LogP contribution in [0.1, 0.15) is 26.3 Å². The third kappa shape index (κ3) is 2.35. The average molecular weight is 236 g/mol. The zero-order chi connectivity index (χ0) is 12.6. The normalized spacial score (nSPS) is 18.9. The molecule has 92 valence electrons. The van der Waals surface area contributed by atoms with Gasteiger partial charge in [-0.25, -0.2) is 4.79 Å². The van der Waals surface area contributed by atoms with Gasteiger partial charge in [-0.2, -0.15) is 0 Å². The molecule has 0 saturated heterocycles. The fourth-order valence-corrected chi connectivity index (χ4v) is 1.66. The van der Waals surface area contributed by atoms with Crippen LogP contribution in [0.25, 0.3) is 0 Å².